The lowest BCUT2D eigenvalue weighted by molar-refractivity contribution is 0.590. The average molecular weight is 307 g/mol. The minimum Gasteiger partial charge on any atom is -0.265 e. The molecule has 1 heterocycles. The predicted molar refractivity (Wildman–Crippen MR) is 85.0 cm³/mol. The summed E-state index contributed by atoms with van der Waals surface area (Å²) in [6.45, 7) is 6.43. The fraction of sp³-hybridized carbons (Fsp3) is 0.533. The van der Waals surface area contributed by atoms with Gasteiger partial charge >= 0.3 is 0 Å². The van der Waals surface area contributed by atoms with Crippen LogP contribution < -0.4 is 4.72 Å². The quantitative estimate of drug-likeness (QED) is 0.948. The molecule has 0 radical (unpaired) electrons. The number of hydrogen-bond donors (Lipinski definition) is 1. The lowest BCUT2D eigenvalue weighted by atomic mass is 9.86. The Hall–Kier alpha value is -1.56. The first-order valence-electron chi connectivity index (χ1n) is 7.18. The molecule has 5 nitrogen and oxygen atoms in total. The van der Waals surface area contributed by atoms with Crippen LogP contribution in [0, 0.1) is 0 Å². The van der Waals surface area contributed by atoms with E-state index in [4.69, 9.17) is 0 Å². The van der Waals surface area contributed by atoms with Crippen LogP contribution >= 0.6 is 0 Å². The molecule has 0 saturated heterocycles. The van der Waals surface area contributed by atoms with Crippen molar-refractivity contribution in [1.29, 1.82) is 0 Å². The summed E-state index contributed by atoms with van der Waals surface area (Å²) >= 11 is 0. The van der Waals surface area contributed by atoms with Crippen LogP contribution in [0.25, 0.3) is 10.9 Å². The SMILES string of the molecule is Cn1nc(NS(=O)(=O)C2CC2)c2cccc(C(C)(C)C)c21. The topological polar surface area (TPSA) is 64.0 Å². The molecule has 21 heavy (non-hydrogen) atoms. The number of nitrogens with one attached hydrogen (secondary N) is 1. The highest BCUT2D eigenvalue weighted by Gasteiger charge is 2.36. The lowest BCUT2D eigenvalue weighted by Crippen LogP contribution is -2.17. The zero-order valence-corrected chi connectivity index (χ0v) is 13.7. The van der Waals surface area contributed by atoms with E-state index >= 15 is 0 Å². The van der Waals surface area contributed by atoms with Crippen molar-refractivity contribution in [2.75, 3.05) is 4.72 Å². The van der Waals surface area contributed by atoms with Crippen LogP contribution in [0.4, 0.5) is 5.82 Å². The maximum Gasteiger partial charge on any atom is 0.236 e. The third-order valence-electron chi connectivity index (χ3n) is 3.87. The van der Waals surface area contributed by atoms with Gasteiger partial charge in [0.15, 0.2) is 5.82 Å². The van der Waals surface area contributed by atoms with E-state index in [1.165, 1.54) is 0 Å². The number of benzene rings is 1. The molecular formula is C15H21N3O2S. The van der Waals surface area contributed by atoms with Crippen LogP contribution in [0.5, 0.6) is 0 Å². The van der Waals surface area contributed by atoms with Crippen molar-refractivity contribution in [2.45, 2.75) is 44.3 Å². The first kappa shape index (κ1) is 14.4. The molecule has 0 unspecified atom stereocenters. The second-order valence-corrected chi connectivity index (χ2v) is 8.73. The minimum absolute atomic E-state index is 0.0278. The molecule has 0 spiro atoms. The van der Waals surface area contributed by atoms with Gasteiger partial charge in [-0.25, -0.2) is 8.42 Å². The molecule has 1 aliphatic rings. The summed E-state index contributed by atoms with van der Waals surface area (Å²) in [5, 5.41) is 4.99. The molecule has 1 fully saturated rings. The average Bonchev–Trinajstić information content (AvgIpc) is 3.16. The molecular weight excluding hydrogens is 286 g/mol. The monoisotopic (exact) mass is 307 g/mol. The van der Waals surface area contributed by atoms with Crippen molar-refractivity contribution in [1.82, 2.24) is 9.78 Å². The van der Waals surface area contributed by atoms with E-state index in [9.17, 15) is 8.42 Å². The summed E-state index contributed by atoms with van der Waals surface area (Å²) in [7, 11) is -1.44. The second kappa shape index (κ2) is 4.47. The van der Waals surface area contributed by atoms with Gasteiger partial charge in [-0.3, -0.25) is 9.40 Å². The summed E-state index contributed by atoms with van der Waals surface area (Å²) in [6, 6.07) is 5.95. The molecule has 114 valence electrons. The molecule has 0 amide bonds. The zero-order valence-electron chi connectivity index (χ0n) is 12.8. The Kier molecular flexibility index (Phi) is 3.06. The van der Waals surface area contributed by atoms with E-state index in [1.54, 1.807) is 4.68 Å². The highest BCUT2D eigenvalue weighted by atomic mass is 32.2. The Morgan fingerprint density at radius 2 is 1.95 bits per heavy atom. The largest absolute Gasteiger partial charge is 0.265 e. The van der Waals surface area contributed by atoms with Crippen molar-refractivity contribution < 1.29 is 8.42 Å². The Morgan fingerprint density at radius 1 is 1.29 bits per heavy atom. The van der Waals surface area contributed by atoms with Gasteiger partial charge in [0.1, 0.15) is 0 Å². The van der Waals surface area contributed by atoms with Gasteiger partial charge < -0.3 is 0 Å². The number of aromatic nitrogens is 2. The Balaban J connectivity index is 2.14. The molecule has 0 bridgehead atoms. The molecule has 1 N–H and O–H groups in total. The van der Waals surface area contributed by atoms with E-state index in [-0.39, 0.29) is 10.7 Å². The zero-order chi connectivity index (χ0) is 15.4. The number of anilines is 1. The number of para-hydroxylation sites is 1. The fourth-order valence-corrected chi connectivity index (χ4v) is 3.96. The van der Waals surface area contributed by atoms with Crippen LogP contribution in [-0.2, 0) is 22.5 Å². The summed E-state index contributed by atoms with van der Waals surface area (Å²) in [5.41, 5.74) is 2.12. The van der Waals surface area contributed by atoms with Crippen molar-refractivity contribution in [2.24, 2.45) is 7.05 Å². The fourth-order valence-electron chi connectivity index (χ4n) is 2.61. The molecule has 0 aliphatic heterocycles. The van der Waals surface area contributed by atoms with Crippen molar-refractivity contribution in [3.05, 3.63) is 23.8 Å². The van der Waals surface area contributed by atoms with Crippen LogP contribution in [0.2, 0.25) is 0 Å². The number of fused-ring (bicyclic) bond motifs is 1. The van der Waals surface area contributed by atoms with Gasteiger partial charge in [0.25, 0.3) is 0 Å². The van der Waals surface area contributed by atoms with E-state index in [2.05, 4.69) is 36.7 Å². The normalized spacial score (nSPS) is 16.4. The first-order valence-corrected chi connectivity index (χ1v) is 8.72. The summed E-state index contributed by atoms with van der Waals surface area (Å²) < 4.78 is 28.7. The van der Waals surface area contributed by atoms with Gasteiger partial charge in [-0.2, -0.15) is 5.10 Å². The number of aryl methyl sites for hydroxylation is 1. The number of nitrogens with zero attached hydrogens (tertiary/aromatic N) is 2. The third kappa shape index (κ3) is 2.52. The van der Waals surface area contributed by atoms with E-state index in [0.29, 0.717) is 5.82 Å². The van der Waals surface area contributed by atoms with Crippen LogP contribution in [-0.4, -0.2) is 23.4 Å². The molecule has 1 saturated carbocycles. The Labute approximate surface area is 125 Å². The summed E-state index contributed by atoms with van der Waals surface area (Å²) in [6.07, 6.45) is 1.49. The third-order valence-corrected chi connectivity index (χ3v) is 5.70. The van der Waals surface area contributed by atoms with Crippen LogP contribution in [0.1, 0.15) is 39.2 Å². The number of rotatable bonds is 3. The smallest absolute Gasteiger partial charge is 0.236 e. The molecule has 1 aromatic heterocycles. The van der Waals surface area contributed by atoms with Crippen LogP contribution in [0.3, 0.4) is 0 Å². The minimum atomic E-state index is -3.29. The van der Waals surface area contributed by atoms with Crippen molar-refractivity contribution in [3.63, 3.8) is 0 Å². The van der Waals surface area contributed by atoms with Gasteiger partial charge in [-0.1, -0.05) is 32.9 Å². The molecule has 0 atom stereocenters. The maximum atomic E-state index is 12.1. The molecule has 6 heteroatoms. The highest BCUT2D eigenvalue weighted by molar-refractivity contribution is 7.93. The Bertz CT molecular complexity index is 796. The maximum absolute atomic E-state index is 12.1. The Morgan fingerprint density at radius 3 is 2.52 bits per heavy atom. The van der Waals surface area contributed by atoms with Gasteiger partial charge in [0.2, 0.25) is 10.0 Å². The first-order chi connectivity index (χ1) is 9.70. The standard InChI is InChI=1S/C15H21N3O2S/c1-15(2,3)12-7-5-6-11-13(12)18(4)16-14(11)17-21(19,20)10-8-9-10/h5-7,10H,8-9H2,1-4H3,(H,16,17). The van der Waals surface area contributed by atoms with Crippen molar-refractivity contribution >= 4 is 26.7 Å². The number of hydrogen-bond acceptors (Lipinski definition) is 3. The molecule has 1 aromatic carbocycles. The highest BCUT2D eigenvalue weighted by Crippen LogP contribution is 2.35. The lowest BCUT2D eigenvalue weighted by Gasteiger charge is -2.20. The predicted octanol–water partition coefficient (Wildman–Crippen LogP) is 2.77. The molecule has 2 aromatic rings. The van der Waals surface area contributed by atoms with Gasteiger partial charge in [0, 0.05) is 12.4 Å². The summed E-state index contributed by atoms with van der Waals surface area (Å²) in [5.74, 6) is 0.436. The van der Waals surface area contributed by atoms with E-state index in [1.807, 2.05) is 19.2 Å². The van der Waals surface area contributed by atoms with E-state index < -0.39 is 10.0 Å². The molecule has 3 rings (SSSR count). The molecule has 1 aliphatic carbocycles. The summed E-state index contributed by atoms with van der Waals surface area (Å²) in [4.78, 5) is 0. The van der Waals surface area contributed by atoms with Gasteiger partial charge in [-0.15, -0.1) is 0 Å². The van der Waals surface area contributed by atoms with Crippen LogP contribution in [0.15, 0.2) is 18.2 Å². The second-order valence-electron chi connectivity index (χ2n) is 6.77. The number of sulfonamides is 1. The van der Waals surface area contributed by atoms with E-state index in [0.717, 1.165) is 29.3 Å². The van der Waals surface area contributed by atoms with Gasteiger partial charge in [-0.05, 0) is 29.9 Å². The van der Waals surface area contributed by atoms with Gasteiger partial charge in [0.05, 0.1) is 10.8 Å². The van der Waals surface area contributed by atoms with Crippen molar-refractivity contribution in [3.8, 4) is 0 Å².